The summed E-state index contributed by atoms with van der Waals surface area (Å²) >= 11 is 0. The van der Waals surface area contributed by atoms with Gasteiger partial charge in [-0.2, -0.15) is 4.31 Å². The number of benzene rings is 2. The molecule has 0 saturated heterocycles. The monoisotopic (exact) mass is 422 g/mol. The van der Waals surface area contributed by atoms with Gasteiger partial charge >= 0.3 is 0 Å². The van der Waals surface area contributed by atoms with E-state index in [9.17, 15) is 8.42 Å². The van der Waals surface area contributed by atoms with Crippen LogP contribution in [0.2, 0.25) is 0 Å². The second kappa shape index (κ2) is 7.32. The predicted octanol–water partition coefficient (Wildman–Crippen LogP) is 4.10. The average molecular weight is 423 g/mol. The lowest BCUT2D eigenvalue weighted by Gasteiger charge is -2.20. The minimum Gasteiger partial charge on any atom is -0.367 e. The Labute approximate surface area is 177 Å². The summed E-state index contributed by atoms with van der Waals surface area (Å²) in [6, 6.07) is 15.1. The van der Waals surface area contributed by atoms with Crippen LogP contribution in [0, 0.1) is 6.92 Å². The lowest BCUT2D eigenvalue weighted by Crippen LogP contribution is -2.31. The first-order valence-corrected chi connectivity index (χ1v) is 12.3. The van der Waals surface area contributed by atoms with Crippen molar-refractivity contribution in [2.45, 2.75) is 51.2 Å². The number of aryl methyl sites for hydroxylation is 1. The smallest absolute Gasteiger partial charge is 0.211 e. The third-order valence-electron chi connectivity index (χ3n) is 5.70. The van der Waals surface area contributed by atoms with Gasteiger partial charge in [0.1, 0.15) is 11.6 Å². The fourth-order valence-corrected chi connectivity index (χ4v) is 5.00. The van der Waals surface area contributed by atoms with Crippen LogP contribution in [0.15, 0.2) is 42.5 Å². The zero-order valence-corrected chi connectivity index (χ0v) is 18.1. The van der Waals surface area contributed by atoms with Gasteiger partial charge in [-0.05, 0) is 67.5 Å². The first-order chi connectivity index (χ1) is 14.4. The highest BCUT2D eigenvalue weighted by Gasteiger charge is 2.34. The number of fused-ring (bicyclic) bond motifs is 1. The molecular formula is C23H26N4O2S. The lowest BCUT2D eigenvalue weighted by molar-refractivity contribution is 0.402. The minimum absolute atomic E-state index is 0.153. The van der Waals surface area contributed by atoms with Crippen LogP contribution >= 0.6 is 0 Å². The Morgan fingerprint density at radius 2 is 1.80 bits per heavy atom. The van der Waals surface area contributed by atoms with E-state index in [2.05, 4.69) is 39.6 Å². The van der Waals surface area contributed by atoms with Crippen molar-refractivity contribution in [3.63, 3.8) is 0 Å². The highest BCUT2D eigenvalue weighted by Crippen LogP contribution is 2.33. The molecule has 2 fully saturated rings. The Hall–Kier alpha value is -2.51. The number of sulfonamides is 1. The van der Waals surface area contributed by atoms with Gasteiger partial charge in [-0.1, -0.05) is 24.3 Å². The molecular weight excluding hydrogens is 396 g/mol. The van der Waals surface area contributed by atoms with Crippen LogP contribution < -0.4 is 5.32 Å². The fraction of sp³-hybridized carbons (Fsp3) is 0.391. The van der Waals surface area contributed by atoms with Crippen molar-refractivity contribution in [3.8, 4) is 11.1 Å². The van der Waals surface area contributed by atoms with Gasteiger partial charge in [0.25, 0.3) is 0 Å². The Balaban J connectivity index is 1.49. The quantitative estimate of drug-likeness (QED) is 0.620. The molecule has 0 amide bonds. The summed E-state index contributed by atoms with van der Waals surface area (Å²) in [5.74, 6) is 1.66. The van der Waals surface area contributed by atoms with Gasteiger partial charge in [0, 0.05) is 24.0 Å². The van der Waals surface area contributed by atoms with E-state index in [1.165, 1.54) is 19.1 Å². The maximum atomic E-state index is 12.2. The highest BCUT2D eigenvalue weighted by molar-refractivity contribution is 7.88. The number of nitrogens with zero attached hydrogens (tertiary/aromatic N) is 3. The molecule has 0 bridgehead atoms. The van der Waals surface area contributed by atoms with Crippen LogP contribution in [0.25, 0.3) is 22.0 Å². The van der Waals surface area contributed by atoms with Gasteiger partial charge in [-0.25, -0.2) is 18.4 Å². The summed E-state index contributed by atoms with van der Waals surface area (Å²) < 4.78 is 26.0. The Morgan fingerprint density at radius 1 is 1.03 bits per heavy atom. The molecule has 1 N–H and O–H groups in total. The van der Waals surface area contributed by atoms with Gasteiger partial charge in [-0.3, -0.25) is 0 Å². The summed E-state index contributed by atoms with van der Waals surface area (Å²) in [5.41, 5.74) is 4.08. The molecule has 2 aliphatic rings. The average Bonchev–Trinajstić information content (AvgIpc) is 3.60. The van der Waals surface area contributed by atoms with E-state index in [1.54, 1.807) is 4.31 Å². The van der Waals surface area contributed by atoms with Gasteiger partial charge < -0.3 is 5.32 Å². The molecule has 2 aliphatic carbocycles. The molecule has 0 atom stereocenters. The van der Waals surface area contributed by atoms with E-state index in [4.69, 9.17) is 0 Å². The third kappa shape index (κ3) is 4.18. The van der Waals surface area contributed by atoms with E-state index >= 15 is 0 Å². The van der Waals surface area contributed by atoms with Crippen LogP contribution in [0.3, 0.4) is 0 Å². The Morgan fingerprint density at radius 3 is 2.50 bits per heavy atom. The van der Waals surface area contributed by atoms with Crippen molar-refractivity contribution in [2.24, 2.45) is 0 Å². The number of rotatable bonds is 7. The molecule has 1 aromatic heterocycles. The van der Waals surface area contributed by atoms with Gasteiger partial charge in [-0.15, -0.1) is 0 Å². The second-order valence-corrected chi connectivity index (χ2v) is 10.4. The normalized spacial score (nSPS) is 16.9. The summed E-state index contributed by atoms with van der Waals surface area (Å²) in [7, 11) is -3.21. The van der Waals surface area contributed by atoms with Crippen LogP contribution in [-0.2, 0) is 16.6 Å². The molecule has 0 radical (unpaired) electrons. The zero-order valence-electron chi connectivity index (χ0n) is 17.3. The maximum Gasteiger partial charge on any atom is 0.211 e. The van der Waals surface area contributed by atoms with Crippen molar-refractivity contribution in [1.29, 1.82) is 0 Å². The molecule has 0 unspecified atom stereocenters. The lowest BCUT2D eigenvalue weighted by atomic mass is 10.0. The number of hydrogen-bond donors (Lipinski definition) is 1. The second-order valence-electron chi connectivity index (χ2n) is 8.51. The molecule has 1 heterocycles. The maximum absolute atomic E-state index is 12.2. The van der Waals surface area contributed by atoms with Gasteiger partial charge in [0.2, 0.25) is 10.0 Å². The third-order valence-corrected chi connectivity index (χ3v) is 6.98. The molecule has 3 aromatic rings. The van der Waals surface area contributed by atoms with Crippen molar-refractivity contribution in [2.75, 3.05) is 11.6 Å². The topological polar surface area (TPSA) is 75.2 Å². The van der Waals surface area contributed by atoms with Crippen LogP contribution in [0.5, 0.6) is 0 Å². The first-order valence-electron chi connectivity index (χ1n) is 10.5. The van der Waals surface area contributed by atoms with Crippen LogP contribution in [0.4, 0.5) is 5.82 Å². The molecule has 156 valence electrons. The summed E-state index contributed by atoms with van der Waals surface area (Å²) in [6.07, 6.45) is 5.57. The van der Waals surface area contributed by atoms with Gasteiger partial charge in [0.05, 0.1) is 11.8 Å². The van der Waals surface area contributed by atoms with Gasteiger partial charge in [0.15, 0.2) is 0 Å². The molecule has 5 rings (SSSR count). The fourth-order valence-electron chi connectivity index (χ4n) is 3.86. The van der Waals surface area contributed by atoms with E-state index in [0.717, 1.165) is 52.1 Å². The predicted molar refractivity (Wildman–Crippen MR) is 120 cm³/mol. The molecule has 2 saturated carbocycles. The van der Waals surface area contributed by atoms with E-state index < -0.39 is 10.0 Å². The molecule has 0 aliphatic heterocycles. The van der Waals surface area contributed by atoms with E-state index in [1.807, 2.05) is 25.1 Å². The Bertz CT molecular complexity index is 1220. The van der Waals surface area contributed by atoms with Crippen LogP contribution in [-0.4, -0.2) is 41.0 Å². The van der Waals surface area contributed by atoms with Crippen molar-refractivity contribution in [1.82, 2.24) is 14.3 Å². The zero-order chi connectivity index (χ0) is 20.9. The van der Waals surface area contributed by atoms with Crippen LogP contribution in [0.1, 0.15) is 37.1 Å². The summed E-state index contributed by atoms with van der Waals surface area (Å²) in [4.78, 5) is 9.22. The molecule has 6 nitrogen and oxygen atoms in total. The number of aromatic nitrogens is 2. The molecule has 30 heavy (non-hydrogen) atoms. The SMILES string of the molecule is Cc1nc(NC2CC2)c2cc(-c3cccc(CN(C4CC4)S(C)(=O)=O)c3)ccc2n1. The molecule has 7 heteroatoms. The van der Waals surface area contributed by atoms with Crippen molar-refractivity contribution < 1.29 is 8.42 Å². The Kier molecular flexibility index (Phi) is 4.75. The largest absolute Gasteiger partial charge is 0.367 e. The minimum atomic E-state index is -3.21. The standard InChI is InChI=1S/C23H26N4O2S/c1-15-24-22-11-6-18(13-21(22)23(25-15)26-19-7-8-19)17-5-3-4-16(12-17)14-27(20-9-10-20)30(2,28)29/h3-6,11-13,19-20H,7-10,14H2,1-2H3,(H,24,25,26). The highest BCUT2D eigenvalue weighted by atomic mass is 32.2. The number of nitrogens with one attached hydrogen (secondary N) is 1. The molecule has 2 aromatic carbocycles. The van der Waals surface area contributed by atoms with Crippen molar-refractivity contribution in [3.05, 3.63) is 53.9 Å². The number of hydrogen-bond acceptors (Lipinski definition) is 5. The first kappa shape index (κ1) is 19.5. The summed E-state index contributed by atoms with van der Waals surface area (Å²) in [5, 5.41) is 4.55. The number of anilines is 1. The summed E-state index contributed by atoms with van der Waals surface area (Å²) in [6.45, 7) is 2.34. The molecule has 0 spiro atoms. The van der Waals surface area contributed by atoms with Crippen molar-refractivity contribution >= 4 is 26.7 Å². The van der Waals surface area contributed by atoms with E-state index in [-0.39, 0.29) is 6.04 Å². The van der Waals surface area contributed by atoms with E-state index in [0.29, 0.717) is 12.6 Å².